The van der Waals surface area contributed by atoms with Crippen molar-refractivity contribution in [3.8, 4) is 0 Å². The summed E-state index contributed by atoms with van der Waals surface area (Å²) in [6, 6.07) is -0.658. The molecule has 0 radical (unpaired) electrons. The summed E-state index contributed by atoms with van der Waals surface area (Å²) < 4.78 is 5.46. The SMILES string of the molecule is CC1CN(CC(N)C(N)=O)CC(CO)O1. The summed E-state index contributed by atoms with van der Waals surface area (Å²) in [6.45, 7) is 3.61. The number of ether oxygens (including phenoxy) is 1. The van der Waals surface area contributed by atoms with Gasteiger partial charge in [0, 0.05) is 19.6 Å². The molecule has 0 aromatic rings. The highest BCUT2D eigenvalue weighted by Crippen LogP contribution is 2.10. The molecular formula is C9H19N3O3. The Balaban J connectivity index is 2.44. The van der Waals surface area contributed by atoms with Gasteiger partial charge in [-0.3, -0.25) is 9.69 Å². The average molecular weight is 217 g/mol. The summed E-state index contributed by atoms with van der Waals surface area (Å²) in [5.74, 6) is -0.505. The molecule has 6 nitrogen and oxygen atoms in total. The predicted octanol–water partition coefficient (Wildman–Crippen LogP) is -2.12. The molecular weight excluding hydrogens is 198 g/mol. The molecule has 0 bridgehead atoms. The van der Waals surface area contributed by atoms with Crippen molar-refractivity contribution in [1.82, 2.24) is 4.90 Å². The Hall–Kier alpha value is -0.690. The molecule has 15 heavy (non-hydrogen) atoms. The van der Waals surface area contributed by atoms with Gasteiger partial charge in [0.2, 0.25) is 5.91 Å². The molecule has 0 spiro atoms. The third-order valence-electron chi connectivity index (χ3n) is 2.43. The number of hydrogen-bond donors (Lipinski definition) is 3. The van der Waals surface area contributed by atoms with Crippen LogP contribution >= 0.6 is 0 Å². The van der Waals surface area contributed by atoms with Crippen LogP contribution in [-0.2, 0) is 9.53 Å². The lowest BCUT2D eigenvalue weighted by Gasteiger charge is -2.36. The minimum absolute atomic E-state index is 0.0212. The molecule has 1 aliphatic rings. The zero-order valence-corrected chi connectivity index (χ0v) is 8.93. The summed E-state index contributed by atoms with van der Waals surface area (Å²) in [4.78, 5) is 12.8. The van der Waals surface area contributed by atoms with Crippen LogP contribution in [0.5, 0.6) is 0 Å². The van der Waals surface area contributed by atoms with Crippen molar-refractivity contribution in [3.05, 3.63) is 0 Å². The van der Waals surface area contributed by atoms with E-state index in [9.17, 15) is 4.79 Å². The molecule has 5 N–H and O–H groups in total. The predicted molar refractivity (Wildman–Crippen MR) is 55.0 cm³/mol. The van der Waals surface area contributed by atoms with Crippen molar-refractivity contribution in [2.75, 3.05) is 26.2 Å². The lowest BCUT2D eigenvalue weighted by atomic mass is 10.2. The van der Waals surface area contributed by atoms with Crippen molar-refractivity contribution in [2.24, 2.45) is 11.5 Å². The topological polar surface area (TPSA) is 102 Å². The highest BCUT2D eigenvalue weighted by atomic mass is 16.5. The molecule has 0 aliphatic carbocycles. The summed E-state index contributed by atoms with van der Waals surface area (Å²) in [7, 11) is 0. The maximum Gasteiger partial charge on any atom is 0.235 e. The number of hydrogen-bond acceptors (Lipinski definition) is 5. The summed E-state index contributed by atoms with van der Waals surface area (Å²) in [6.07, 6.45) is -0.162. The van der Waals surface area contributed by atoms with Gasteiger partial charge in [-0.1, -0.05) is 0 Å². The molecule has 0 aromatic heterocycles. The highest BCUT2D eigenvalue weighted by molar-refractivity contribution is 5.79. The molecule has 0 saturated carbocycles. The second-order valence-electron chi connectivity index (χ2n) is 3.98. The Morgan fingerprint density at radius 2 is 2.33 bits per heavy atom. The maximum absolute atomic E-state index is 10.8. The van der Waals surface area contributed by atoms with Crippen LogP contribution in [0.4, 0.5) is 0 Å². The normalized spacial score (nSPS) is 30.1. The Morgan fingerprint density at radius 3 is 2.87 bits per heavy atom. The van der Waals surface area contributed by atoms with Gasteiger partial charge in [0.15, 0.2) is 0 Å². The van der Waals surface area contributed by atoms with Crippen LogP contribution < -0.4 is 11.5 Å². The minimum atomic E-state index is -0.658. The molecule has 1 heterocycles. The van der Waals surface area contributed by atoms with Gasteiger partial charge in [-0.05, 0) is 6.92 Å². The summed E-state index contributed by atoms with van der Waals surface area (Å²) >= 11 is 0. The lowest BCUT2D eigenvalue weighted by molar-refractivity contribution is -0.122. The number of aliphatic hydroxyl groups excluding tert-OH is 1. The molecule has 1 fully saturated rings. The maximum atomic E-state index is 10.8. The zero-order chi connectivity index (χ0) is 11.4. The molecule has 1 amide bonds. The number of carbonyl (C=O) groups excluding carboxylic acids is 1. The van der Waals surface area contributed by atoms with Gasteiger partial charge in [-0.2, -0.15) is 0 Å². The fraction of sp³-hybridized carbons (Fsp3) is 0.889. The number of morpholine rings is 1. The first-order valence-electron chi connectivity index (χ1n) is 5.06. The fourth-order valence-electron chi connectivity index (χ4n) is 1.76. The zero-order valence-electron chi connectivity index (χ0n) is 8.93. The van der Waals surface area contributed by atoms with E-state index in [0.717, 1.165) is 0 Å². The van der Waals surface area contributed by atoms with E-state index in [-0.39, 0.29) is 18.8 Å². The van der Waals surface area contributed by atoms with Crippen molar-refractivity contribution < 1.29 is 14.6 Å². The highest BCUT2D eigenvalue weighted by Gasteiger charge is 2.26. The fourth-order valence-corrected chi connectivity index (χ4v) is 1.76. The van der Waals surface area contributed by atoms with Crippen molar-refractivity contribution in [3.63, 3.8) is 0 Å². The molecule has 6 heteroatoms. The van der Waals surface area contributed by atoms with Crippen LogP contribution in [0.3, 0.4) is 0 Å². The Morgan fingerprint density at radius 1 is 1.67 bits per heavy atom. The molecule has 1 saturated heterocycles. The standard InChI is InChI=1S/C9H19N3O3/c1-6-2-12(3-7(5-13)15-6)4-8(10)9(11)14/h6-8,13H,2-5,10H2,1H3,(H2,11,14). The third-order valence-corrected chi connectivity index (χ3v) is 2.43. The molecule has 3 atom stereocenters. The van der Waals surface area contributed by atoms with Crippen LogP contribution in [0, 0.1) is 0 Å². The molecule has 1 rings (SSSR count). The number of amides is 1. The van der Waals surface area contributed by atoms with Gasteiger partial charge in [-0.15, -0.1) is 0 Å². The number of nitrogens with two attached hydrogens (primary N) is 2. The van der Waals surface area contributed by atoms with E-state index in [4.69, 9.17) is 21.3 Å². The largest absolute Gasteiger partial charge is 0.394 e. The Kier molecular flexibility index (Phi) is 4.46. The lowest BCUT2D eigenvalue weighted by Crippen LogP contribution is -2.53. The Labute approximate surface area is 89.2 Å². The summed E-state index contributed by atoms with van der Waals surface area (Å²) in [5, 5.41) is 9.00. The van der Waals surface area contributed by atoms with Crippen molar-refractivity contribution in [1.29, 1.82) is 0 Å². The van der Waals surface area contributed by atoms with Crippen LogP contribution in [-0.4, -0.2) is 60.4 Å². The first-order valence-corrected chi connectivity index (χ1v) is 5.06. The van der Waals surface area contributed by atoms with Crippen LogP contribution in [0.25, 0.3) is 0 Å². The van der Waals surface area contributed by atoms with Gasteiger partial charge in [0.1, 0.15) is 0 Å². The van der Waals surface area contributed by atoms with E-state index < -0.39 is 11.9 Å². The number of primary amides is 1. The van der Waals surface area contributed by atoms with E-state index in [1.807, 2.05) is 11.8 Å². The van der Waals surface area contributed by atoms with Gasteiger partial charge in [0.05, 0.1) is 24.9 Å². The van der Waals surface area contributed by atoms with Crippen LogP contribution in [0.15, 0.2) is 0 Å². The van der Waals surface area contributed by atoms with Crippen LogP contribution in [0.1, 0.15) is 6.92 Å². The minimum Gasteiger partial charge on any atom is -0.394 e. The van der Waals surface area contributed by atoms with Gasteiger partial charge in [0.25, 0.3) is 0 Å². The van der Waals surface area contributed by atoms with E-state index in [0.29, 0.717) is 19.6 Å². The molecule has 1 aliphatic heterocycles. The monoisotopic (exact) mass is 217 g/mol. The van der Waals surface area contributed by atoms with Crippen molar-refractivity contribution in [2.45, 2.75) is 25.2 Å². The Bertz CT molecular complexity index is 225. The number of aliphatic hydroxyl groups is 1. The van der Waals surface area contributed by atoms with Crippen LogP contribution in [0.2, 0.25) is 0 Å². The van der Waals surface area contributed by atoms with E-state index >= 15 is 0 Å². The molecule has 3 unspecified atom stereocenters. The van der Waals surface area contributed by atoms with Crippen molar-refractivity contribution >= 4 is 5.91 Å². The second-order valence-corrected chi connectivity index (χ2v) is 3.98. The molecule has 0 aromatic carbocycles. The van der Waals surface area contributed by atoms with E-state index in [2.05, 4.69) is 0 Å². The van der Waals surface area contributed by atoms with Gasteiger partial charge < -0.3 is 21.3 Å². The quantitative estimate of drug-likeness (QED) is 0.500. The smallest absolute Gasteiger partial charge is 0.235 e. The number of nitrogens with zero attached hydrogens (tertiary/aromatic N) is 1. The van der Waals surface area contributed by atoms with Gasteiger partial charge >= 0.3 is 0 Å². The second kappa shape index (κ2) is 5.41. The third kappa shape index (κ3) is 3.75. The van der Waals surface area contributed by atoms with Gasteiger partial charge in [-0.25, -0.2) is 0 Å². The summed E-state index contributed by atoms with van der Waals surface area (Å²) in [5.41, 5.74) is 10.6. The number of rotatable bonds is 4. The first kappa shape index (κ1) is 12.4. The first-order chi connectivity index (χ1) is 7.02. The van der Waals surface area contributed by atoms with E-state index in [1.165, 1.54) is 0 Å². The van der Waals surface area contributed by atoms with E-state index in [1.54, 1.807) is 0 Å². The molecule has 88 valence electrons. The number of carbonyl (C=O) groups is 1. The average Bonchev–Trinajstić information content (AvgIpc) is 2.16.